The standard InChI is InChI=1S/C24H28N4O4S/c1-16-4-8-21(9-5-16)33(30,31)28-12-10-20(11-13-28)23(29)25-24-27-26-22(32-24)15-19-7-6-17(2)18(3)14-19/h4-9,14,20H,10-13,15H2,1-3H3,(H,25,27,29). The number of amides is 1. The molecule has 174 valence electrons. The van der Waals surface area contributed by atoms with Crippen molar-refractivity contribution in [3.63, 3.8) is 0 Å². The first-order valence-electron chi connectivity index (χ1n) is 11.0. The number of nitrogens with one attached hydrogen (secondary N) is 1. The fraction of sp³-hybridized carbons (Fsp3) is 0.375. The van der Waals surface area contributed by atoms with E-state index in [0.717, 1.165) is 11.1 Å². The van der Waals surface area contributed by atoms with Gasteiger partial charge in [0.05, 0.1) is 11.3 Å². The molecule has 1 amide bonds. The third-order valence-corrected chi connectivity index (χ3v) is 8.02. The molecule has 1 aliphatic rings. The number of nitrogens with zero attached hydrogens (tertiary/aromatic N) is 3. The molecule has 2 aromatic carbocycles. The zero-order chi connectivity index (χ0) is 23.6. The number of hydrogen-bond donors (Lipinski definition) is 1. The number of rotatable bonds is 6. The molecule has 4 rings (SSSR count). The Hall–Kier alpha value is -3.04. The Morgan fingerprint density at radius 2 is 1.73 bits per heavy atom. The van der Waals surface area contributed by atoms with Gasteiger partial charge in [-0.2, -0.15) is 4.31 Å². The Bertz CT molecular complexity index is 1240. The third kappa shape index (κ3) is 5.31. The summed E-state index contributed by atoms with van der Waals surface area (Å²) in [6, 6.07) is 13.0. The van der Waals surface area contributed by atoms with Crippen LogP contribution < -0.4 is 5.32 Å². The second-order valence-electron chi connectivity index (χ2n) is 8.58. The van der Waals surface area contributed by atoms with Crippen molar-refractivity contribution in [1.29, 1.82) is 0 Å². The molecule has 1 fully saturated rings. The van der Waals surface area contributed by atoms with Crippen molar-refractivity contribution in [2.75, 3.05) is 18.4 Å². The van der Waals surface area contributed by atoms with Gasteiger partial charge in [0.15, 0.2) is 0 Å². The summed E-state index contributed by atoms with van der Waals surface area (Å²) in [5.41, 5.74) is 4.47. The quantitative estimate of drug-likeness (QED) is 0.592. The van der Waals surface area contributed by atoms with Gasteiger partial charge in [0.1, 0.15) is 0 Å². The number of anilines is 1. The van der Waals surface area contributed by atoms with Gasteiger partial charge < -0.3 is 4.42 Å². The van der Waals surface area contributed by atoms with Gasteiger partial charge in [0, 0.05) is 19.0 Å². The lowest BCUT2D eigenvalue weighted by atomic mass is 9.97. The maximum atomic E-state index is 12.9. The van der Waals surface area contributed by atoms with Crippen LogP contribution in [0.2, 0.25) is 0 Å². The number of aryl methyl sites for hydroxylation is 3. The summed E-state index contributed by atoms with van der Waals surface area (Å²) in [7, 11) is -3.56. The van der Waals surface area contributed by atoms with Crippen LogP contribution >= 0.6 is 0 Å². The summed E-state index contributed by atoms with van der Waals surface area (Å²) in [5.74, 6) is -0.124. The minimum Gasteiger partial charge on any atom is -0.407 e. The van der Waals surface area contributed by atoms with Crippen molar-refractivity contribution >= 4 is 21.9 Å². The molecule has 1 aromatic heterocycles. The molecular formula is C24H28N4O4S. The number of benzene rings is 2. The van der Waals surface area contributed by atoms with Crippen LogP contribution in [0.5, 0.6) is 0 Å². The lowest BCUT2D eigenvalue weighted by Crippen LogP contribution is -2.41. The highest BCUT2D eigenvalue weighted by atomic mass is 32.2. The SMILES string of the molecule is Cc1ccc(S(=O)(=O)N2CCC(C(=O)Nc3nnc(Cc4ccc(C)c(C)c4)o3)CC2)cc1. The van der Waals surface area contributed by atoms with E-state index in [4.69, 9.17) is 4.42 Å². The Morgan fingerprint density at radius 1 is 1.03 bits per heavy atom. The number of carbonyl (C=O) groups is 1. The first-order valence-corrected chi connectivity index (χ1v) is 12.4. The predicted molar refractivity (Wildman–Crippen MR) is 124 cm³/mol. The van der Waals surface area contributed by atoms with E-state index in [1.165, 1.54) is 15.4 Å². The monoisotopic (exact) mass is 468 g/mol. The van der Waals surface area contributed by atoms with Crippen LogP contribution in [-0.2, 0) is 21.2 Å². The van der Waals surface area contributed by atoms with Gasteiger partial charge in [-0.1, -0.05) is 41.0 Å². The fourth-order valence-corrected chi connectivity index (χ4v) is 5.36. The molecule has 0 aliphatic carbocycles. The lowest BCUT2D eigenvalue weighted by Gasteiger charge is -2.30. The molecule has 0 bridgehead atoms. The van der Waals surface area contributed by atoms with Gasteiger partial charge >= 0.3 is 6.01 Å². The van der Waals surface area contributed by atoms with E-state index in [1.807, 2.05) is 13.0 Å². The fourth-order valence-electron chi connectivity index (χ4n) is 3.89. The van der Waals surface area contributed by atoms with E-state index in [9.17, 15) is 13.2 Å². The summed E-state index contributed by atoms with van der Waals surface area (Å²) in [6.45, 7) is 6.60. The Kier molecular flexibility index (Phi) is 6.62. The maximum absolute atomic E-state index is 12.9. The highest BCUT2D eigenvalue weighted by molar-refractivity contribution is 7.89. The van der Waals surface area contributed by atoms with Crippen LogP contribution in [0.4, 0.5) is 6.01 Å². The first kappa shape index (κ1) is 23.1. The number of piperidine rings is 1. The second-order valence-corrected chi connectivity index (χ2v) is 10.5. The zero-order valence-corrected chi connectivity index (χ0v) is 19.9. The van der Waals surface area contributed by atoms with E-state index in [2.05, 4.69) is 41.5 Å². The highest BCUT2D eigenvalue weighted by Crippen LogP contribution is 2.25. The molecule has 33 heavy (non-hydrogen) atoms. The zero-order valence-electron chi connectivity index (χ0n) is 19.0. The minimum absolute atomic E-state index is 0.0635. The van der Waals surface area contributed by atoms with Crippen molar-refractivity contribution in [3.05, 3.63) is 70.6 Å². The van der Waals surface area contributed by atoms with Crippen molar-refractivity contribution in [2.24, 2.45) is 5.92 Å². The summed E-state index contributed by atoms with van der Waals surface area (Å²) in [6.07, 6.45) is 1.35. The van der Waals surface area contributed by atoms with E-state index >= 15 is 0 Å². The summed E-state index contributed by atoms with van der Waals surface area (Å²) < 4.78 is 32.7. The largest absolute Gasteiger partial charge is 0.407 e. The van der Waals surface area contributed by atoms with Gasteiger partial charge in [-0.3, -0.25) is 10.1 Å². The van der Waals surface area contributed by atoms with Gasteiger partial charge in [0.25, 0.3) is 0 Å². The van der Waals surface area contributed by atoms with Crippen molar-refractivity contribution in [2.45, 2.75) is 44.9 Å². The van der Waals surface area contributed by atoms with E-state index in [1.54, 1.807) is 24.3 Å². The van der Waals surface area contributed by atoms with E-state index < -0.39 is 10.0 Å². The smallest absolute Gasteiger partial charge is 0.322 e. The van der Waals surface area contributed by atoms with Crippen molar-refractivity contribution < 1.29 is 17.6 Å². The summed E-state index contributed by atoms with van der Waals surface area (Å²) in [4.78, 5) is 13.0. The van der Waals surface area contributed by atoms with Crippen LogP contribution in [0, 0.1) is 26.7 Å². The topological polar surface area (TPSA) is 105 Å². The van der Waals surface area contributed by atoms with Crippen LogP contribution in [0.3, 0.4) is 0 Å². The molecule has 0 saturated carbocycles. The Morgan fingerprint density at radius 3 is 2.39 bits per heavy atom. The molecule has 9 heteroatoms. The molecule has 8 nitrogen and oxygen atoms in total. The highest BCUT2D eigenvalue weighted by Gasteiger charge is 2.32. The number of sulfonamides is 1. The minimum atomic E-state index is -3.56. The molecule has 0 radical (unpaired) electrons. The average Bonchev–Trinajstić information content (AvgIpc) is 3.23. The maximum Gasteiger partial charge on any atom is 0.322 e. The van der Waals surface area contributed by atoms with Crippen LogP contribution in [-0.4, -0.2) is 41.9 Å². The lowest BCUT2D eigenvalue weighted by molar-refractivity contribution is -0.121. The normalized spacial score (nSPS) is 15.5. The Labute approximate surface area is 194 Å². The first-order chi connectivity index (χ1) is 15.7. The van der Waals surface area contributed by atoms with Crippen molar-refractivity contribution in [1.82, 2.24) is 14.5 Å². The van der Waals surface area contributed by atoms with Crippen molar-refractivity contribution in [3.8, 4) is 0 Å². The number of aromatic nitrogens is 2. The molecular weight excluding hydrogens is 440 g/mol. The molecule has 3 aromatic rings. The van der Waals surface area contributed by atoms with Gasteiger partial charge in [0.2, 0.25) is 21.8 Å². The second kappa shape index (κ2) is 9.44. The predicted octanol–water partition coefficient (Wildman–Crippen LogP) is 3.63. The van der Waals surface area contributed by atoms with Gasteiger partial charge in [-0.15, -0.1) is 5.10 Å². The molecule has 1 N–H and O–H groups in total. The summed E-state index contributed by atoms with van der Waals surface area (Å²) >= 11 is 0. The molecule has 0 atom stereocenters. The van der Waals surface area contributed by atoms with Crippen LogP contribution in [0.15, 0.2) is 51.8 Å². The molecule has 0 unspecified atom stereocenters. The Balaban J connectivity index is 1.32. The number of hydrogen-bond acceptors (Lipinski definition) is 6. The third-order valence-electron chi connectivity index (χ3n) is 6.11. The van der Waals surface area contributed by atoms with Gasteiger partial charge in [-0.25, -0.2) is 8.42 Å². The average molecular weight is 469 g/mol. The molecule has 1 saturated heterocycles. The van der Waals surface area contributed by atoms with E-state index in [-0.39, 0.29) is 35.8 Å². The van der Waals surface area contributed by atoms with Gasteiger partial charge in [-0.05, 0) is 62.4 Å². The summed E-state index contributed by atoms with van der Waals surface area (Å²) in [5, 5.41) is 10.6. The molecule has 1 aliphatic heterocycles. The number of carbonyl (C=O) groups excluding carboxylic acids is 1. The van der Waals surface area contributed by atoms with Crippen LogP contribution in [0.1, 0.15) is 41.0 Å². The molecule has 0 spiro atoms. The van der Waals surface area contributed by atoms with E-state index in [0.29, 0.717) is 25.2 Å². The molecule has 2 heterocycles. The van der Waals surface area contributed by atoms with Crippen LogP contribution in [0.25, 0.3) is 0 Å².